The zero-order valence-electron chi connectivity index (χ0n) is 9.50. The van der Waals surface area contributed by atoms with Crippen molar-refractivity contribution < 1.29 is 4.79 Å². The number of aldehydes is 1. The number of rotatable bonds is 4. The predicted molar refractivity (Wildman–Crippen MR) is 74.0 cm³/mol. The second-order valence-electron chi connectivity index (χ2n) is 3.37. The molecule has 0 aliphatic carbocycles. The normalized spacial score (nSPS) is 10.3. The number of carbonyl (C=O) groups excluding carboxylic acids is 1. The van der Waals surface area contributed by atoms with Crippen LogP contribution in [0.15, 0.2) is 40.7 Å². The van der Waals surface area contributed by atoms with Gasteiger partial charge >= 0.3 is 0 Å². The van der Waals surface area contributed by atoms with E-state index in [-0.39, 0.29) is 15.5 Å². The van der Waals surface area contributed by atoms with E-state index in [2.05, 4.69) is 15.8 Å². The summed E-state index contributed by atoms with van der Waals surface area (Å²) in [7, 11) is 0. The van der Waals surface area contributed by atoms with E-state index < -0.39 is 0 Å². The first-order chi connectivity index (χ1) is 9.26. The van der Waals surface area contributed by atoms with Crippen molar-refractivity contribution in [1.82, 2.24) is 0 Å². The van der Waals surface area contributed by atoms with Gasteiger partial charge in [0, 0.05) is 0 Å². The summed E-state index contributed by atoms with van der Waals surface area (Å²) in [6, 6.07) is 11.1. The molecule has 1 aromatic heterocycles. The van der Waals surface area contributed by atoms with Crippen molar-refractivity contribution in [3.63, 3.8) is 0 Å². The van der Waals surface area contributed by atoms with Gasteiger partial charge in [-0.1, -0.05) is 35.0 Å². The van der Waals surface area contributed by atoms with E-state index in [9.17, 15) is 4.79 Å². The SMILES string of the molecule is N#Cc1c(N=NNc2ccccc2)sc(C=O)c1Cl. The van der Waals surface area contributed by atoms with Gasteiger partial charge in [-0.3, -0.25) is 10.2 Å². The molecule has 0 aliphatic rings. The first kappa shape index (κ1) is 13.2. The molecule has 2 rings (SSSR count). The van der Waals surface area contributed by atoms with Crippen LogP contribution in [0.5, 0.6) is 0 Å². The van der Waals surface area contributed by atoms with Gasteiger partial charge in [-0.25, -0.2) is 0 Å². The zero-order chi connectivity index (χ0) is 13.7. The van der Waals surface area contributed by atoms with Gasteiger partial charge in [-0.15, -0.1) is 16.5 Å². The Labute approximate surface area is 118 Å². The van der Waals surface area contributed by atoms with Crippen molar-refractivity contribution in [3.05, 3.63) is 45.8 Å². The molecular weight excluding hydrogens is 284 g/mol. The van der Waals surface area contributed by atoms with E-state index >= 15 is 0 Å². The Bertz CT molecular complexity index is 660. The predicted octanol–water partition coefficient (Wildman–Crippen LogP) is 4.20. The minimum atomic E-state index is 0.121. The molecule has 5 nitrogen and oxygen atoms in total. The zero-order valence-corrected chi connectivity index (χ0v) is 11.1. The fourth-order valence-electron chi connectivity index (χ4n) is 1.30. The lowest BCUT2D eigenvalue weighted by Gasteiger charge is -1.96. The van der Waals surface area contributed by atoms with Crippen LogP contribution in [0.1, 0.15) is 15.2 Å². The van der Waals surface area contributed by atoms with Gasteiger partial charge in [-0.05, 0) is 12.1 Å². The monoisotopic (exact) mass is 290 g/mol. The summed E-state index contributed by atoms with van der Waals surface area (Å²) in [4.78, 5) is 11.0. The standard InChI is InChI=1S/C12H7ClN4OS/c13-11-9(6-14)12(19-10(11)7-18)16-17-15-8-4-2-1-3-5-8/h1-5,7H,(H,15,16). The number of carbonyl (C=O) groups is 1. The molecule has 0 spiro atoms. The highest BCUT2D eigenvalue weighted by Crippen LogP contribution is 2.37. The van der Waals surface area contributed by atoms with Crippen LogP contribution < -0.4 is 5.43 Å². The van der Waals surface area contributed by atoms with Crippen molar-refractivity contribution in [2.75, 3.05) is 5.43 Å². The van der Waals surface area contributed by atoms with Gasteiger partial charge in [-0.2, -0.15) is 5.26 Å². The third kappa shape index (κ3) is 2.96. The number of halogens is 1. The molecular formula is C12H7ClN4OS. The van der Waals surface area contributed by atoms with Gasteiger partial charge in [0.25, 0.3) is 0 Å². The van der Waals surface area contributed by atoms with E-state index in [0.29, 0.717) is 11.3 Å². The van der Waals surface area contributed by atoms with E-state index in [1.165, 1.54) is 0 Å². The van der Waals surface area contributed by atoms with Crippen molar-refractivity contribution in [3.8, 4) is 6.07 Å². The number of thiophene rings is 1. The number of nitriles is 1. The van der Waals surface area contributed by atoms with Crippen LogP contribution in [-0.4, -0.2) is 6.29 Å². The minimum absolute atomic E-state index is 0.121. The van der Waals surface area contributed by atoms with Crippen LogP contribution in [0.25, 0.3) is 0 Å². The maximum atomic E-state index is 10.7. The number of hydrogen-bond donors (Lipinski definition) is 1. The van der Waals surface area contributed by atoms with Gasteiger partial charge < -0.3 is 0 Å². The lowest BCUT2D eigenvalue weighted by Crippen LogP contribution is -1.84. The summed E-state index contributed by atoms with van der Waals surface area (Å²) in [6.45, 7) is 0. The number of nitrogens with zero attached hydrogens (tertiary/aromatic N) is 3. The molecule has 0 aliphatic heterocycles. The van der Waals surface area contributed by atoms with E-state index in [1.807, 2.05) is 36.4 Å². The lowest BCUT2D eigenvalue weighted by molar-refractivity contribution is 0.112. The molecule has 0 atom stereocenters. The highest BCUT2D eigenvalue weighted by molar-refractivity contribution is 7.18. The summed E-state index contributed by atoms with van der Waals surface area (Å²) in [5.41, 5.74) is 3.64. The highest BCUT2D eigenvalue weighted by atomic mass is 35.5. The molecule has 1 aromatic carbocycles. The van der Waals surface area contributed by atoms with Crippen molar-refractivity contribution in [1.29, 1.82) is 5.26 Å². The molecule has 94 valence electrons. The summed E-state index contributed by atoms with van der Waals surface area (Å²) in [5.74, 6) is 0. The third-order valence-corrected chi connectivity index (χ3v) is 3.67. The number of hydrogen-bond acceptors (Lipinski definition) is 5. The summed E-state index contributed by atoms with van der Waals surface area (Å²) in [5, 5.41) is 17.0. The molecule has 0 amide bonds. The maximum Gasteiger partial charge on any atom is 0.161 e. The van der Waals surface area contributed by atoms with E-state index in [0.717, 1.165) is 17.0 Å². The molecule has 1 heterocycles. The molecule has 19 heavy (non-hydrogen) atoms. The largest absolute Gasteiger partial charge is 0.297 e. The Morgan fingerprint density at radius 1 is 1.37 bits per heavy atom. The smallest absolute Gasteiger partial charge is 0.161 e. The summed E-state index contributed by atoms with van der Waals surface area (Å²) >= 11 is 6.88. The first-order valence-corrected chi connectivity index (χ1v) is 6.35. The van der Waals surface area contributed by atoms with Crippen LogP contribution in [0.2, 0.25) is 5.02 Å². The molecule has 0 fully saturated rings. The fourth-order valence-corrected chi connectivity index (χ4v) is 2.43. The molecule has 0 saturated heterocycles. The van der Waals surface area contributed by atoms with Gasteiger partial charge in [0.15, 0.2) is 11.3 Å². The number of benzene rings is 1. The second kappa shape index (κ2) is 6.09. The molecule has 7 heteroatoms. The van der Waals surface area contributed by atoms with Gasteiger partial charge in [0.05, 0.1) is 15.6 Å². The first-order valence-electron chi connectivity index (χ1n) is 5.15. The molecule has 0 unspecified atom stereocenters. The van der Waals surface area contributed by atoms with Gasteiger partial charge in [0.2, 0.25) is 0 Å². The van der Waals surface area contributed by atoms with Crippen molar-refractivity contribution in [2.24, 2.45) is 10.3 Å². The molecule has 2 aromatic rings. The van der Waals surface area contributed by atoms with Crippen LogP contribution in [0, 0.1) is 11.3 Å². The second-order valence-corrected chi connectivity index (χ2v) is 4.78. The van der Waals surface area contributed by atoms with E-state index in [4.69, 9.17) is 16.9 Å². The molecule has 0 saturated carbocycles. The van der Waals surface area contributed by atoms with Crippen molar-refractivity contribution >= 4 is 39.9 Å². The molecule has 0 bridgehead atoms. The minimum Gasteiger partial charge on any atom is -0.297 e. The summed E-state index contributed by atoms with van der Waals surface area (Å²) < 4.78 is 0. The molecule has 1 N–H and O–H groups in total. The number of para-hydroxylation sites is 1. The Hall–Kier alpha value is -2.23. The maximum absolute atomic E-state index is 10.7. The number of anilines is 1. The Morgan fingerprint density at radius 3 is 2.74 bits per heavy atom. The van der Waals surface area contributed by atoms with E-state index in [1.54, 1.807) is 0 Å². The fraction of sp³-hybridized carbons (Fsp3) is 0. The average molecular weight is 291 g/mol. The highest BCUT2D eigenvalue weighted by Gasteiger charge is 2.15. The Kier molecular flexibility index (Phi) is 4.23. The van der Waals surface area contributed by atoms with Crippen LogP contribution >= 0.6 is 22.9 Å². The van der Waals surface area contributed by atoms with Crippen molar-refractivity contribution in [2.45, 2.75) is 0 Å². The molecule has 0 radical (unpaired) electrons. The van der Waals surface area contributed by atoms with Crippen LogP contribution in [-0.2, 0) is 0 Å². The third-order valence-electron chi connectivity index (χ3n) is 2.17. The van der Waals surface area contributed by atoms with Crippen LogP contribution in [0.3, 0.4) is 0 Å². The van der Waals surface area contributed by atoms with Crippen LogP contribution in [0.4, 0.5) is 10.7 Å². The lowest BCUT2D eigenvalue weighted by atomic mass is 10.3. The quantitative estimate of drug-likeness (QED) is 0.521. The Balaban J connectivity index is 2.20. The topological polar surface area (TPSA) is 77.6 Å². The summed E-state index contributed by atoms with van der Waals surface area (Å²) in [6.07, 6.45) is 0.595. The number of nitrogens with one attached hydrogen (secondary N) is 1. The van der Waals surface area contributed by atoms with Gasteiger partial charge in [0.1, 0.15) is 11.6 Å². The Morgan fingerprint density at radius 2 is 2.11 bits per heavy atom. The average Bonchev–Trinajstić information content (AvgIpc) is 2.75.